The van der Waals surface area contributed by atoms with Gasteiger partial charge in [0.15, 0.2) is 5.13 Å². The van der Waals surface area contributed by atoms with E-state index < -0.39 is 15.9 Å². The fourth-order valence-corrected chi connectivity index (χ4v) is 7.01. The standard InChI is InChI=1S/C19H18ClN3O3S3/c20-15-6-2-1-5-13(15)11-14-12-21-19(28-14)22-18(24)17-16(7-10-27-17)29(25,26)23-8-3-4-9-23/h1-2,5-7,10,12H,3-4,8-9,11H2,(H,21,22,24). The van der Waals surface area contributed by atoms with Crippen molar-refractivity contribution in [3.8, 4) is 0 Å². The number of thiophene rings is 1. The lowest BCUT2D eigenvalue weighted by atomic mass is 10.1. The van der Waals surface area contributed by atoms with E-state index in [4.69, 9.17) is 11.6 Å². The van der Waals surface area contributed by atoms with Crippen LogP contribution in [0, 0.1) is 0 Å². The van der Waals surface area contributed by atoms with Crippen molar-refractivity contribution >= 4 is 55.3 Å². The minimum absolute atomic E-state index is 0.0646. The zero-order valence-electron chi connectivity index (χ0n) is 15.3. The maximum Gasteiger partial charge on any atom is 0.268 e. The SMILES string of the molecule is O=C(Nc1ncc(Cc2ccccc2Cl)s1)c1sccc1S(=O)(=O)N1CCCC1. The number of nitrogens with zero attached hydrogens (tertiary/aromatic N) is 2. The largest absolute Gasteiger partial charge is 0.297 e. The molecule has 0 spiro atoms. The number of carbonyl (C=O) groups excluding carboxylic acids is 1. The summed E-state index contributed by atoms with van der Waals surface area (Å²) in [7, 11) is -3.65. The number of halogens is 1. The molecule has 4 rings (SSSR count). The number of carbonyl (C=O) groups is 1. The molecule has 1 aromatic carbocycles. The van der Waals surface area contributed by atoms with E-state index in [0.29, 0.717) is 29.7 Å². The average molecular weight is 468 g/mol. The second-order valence-corrected chi connectivity index (χ2v) is 10.9. The second kappa shape index (κ2) is 8.53. The highest BCUT2D eigenvalue weighted by atomic mass is 35.5. The molecule has 0 atom stereocenters. The van der Waals surface area contributed by atoms with Crippen molar-refractivity contribution in [3.05, 3.63) is 62.2 Å². The highest BCUT2D eigenvalue weighted by Gasteiger charge is 2.32. The molecule has 0 bridgehead atoms. The second-order valence-electron chi connectivity index (χ2n) is 6.58. The first-order chi connectivity index (χ1) is 13.9. The Bertz CT molecular complexity index is 1130. The molecule has 152 valence electrons. The van der Waals surface area contributed by atoms with Crippen LogP contribution in [0.15, 0.2) is 46.8 Å². The fourth-order valence-electron chi connectivity index (χ4n) is 3.16. The van der Waals surface area contributed by atoms with Crippen LogP contribution in [-0.2, 0) is 16.4 Å². The van der Waals surface area contributed by atoms with Crippen molar-refractivity contribution in [2.45, 2.75) is 24.2 Å². The molecule has 3 heterocycles. The maximum atomic E-state index is 12.8. The Labute approximate surface area is 182 Å². The minimum Gasteiger partial charge on any atom is -0.297 e. The van der Waals surface area contributed by atoms with E-state index in [2.05, 4.69) is 10.3 Å². The number of sulfonamides is 1. The van der Waals surface area contributed by atoms with E-state index in [-0.39, 0.29) is 9.77 Å². The summed E-state index contributed by atoms with van der Waals surface area (Å²) in [4.78, 5) is 18.2. The Balaban J connectivity index is 1.49. The zero-order valence-corrected chi connectivity index (χ0v) is 18.5. The lowest BCUT2D eigenvalue weighted by Gasteiger charge is -2.15. The molecule has 3 aromatic rings. The fraction of sp³-hybridized carbons (Fsp3) is 0.263. The summed E-state index contributed by atoms with van der Waals surface area (Å²) in [6.45, 7) is 0.994. The molecular weight excluding hydrogens is 450 g/mol. The van der Waals surface area contributed by atoms with Crippen LogP contribution in [0.25, 0.3) is 0 Å². The number of nitrogens with one attached hydrogen (secondary N) is 1. The normalized spacial score (nSPS) is 14.9. The molecule has 1 saturated heterocycles. The first-order valence-corrected chi connectivity index (χ1v) is 12.5. The summed E-state index contributed by atoms with van der Waals surface area (Å²) in [5.41, 5.74) is 0.980. The topological polar surface area (TPSA) is 79.4 Å². The molecule has 6 nitrogen and oxygen atoms in total. The summed E-state index contributed by atoms with van der Waals surface area (Å²) in [6, 6.07) is 9.07. The highest BCUT2D eigenvalue weighted by Crippen LogP contribution is 2.29. The number of aromatic nitrogens is 1. The number of anilines is 1. The van der Waals surface area contributed by atoms with Crippen molar-refractivity contribution in [3.63, 3.8) is 0 Å². The van der Waals surface area contributed by atoms with E-state index in [9.17, 15) is 13.2 Å². The number of benzene rings is 1. The Morgan fingerprint density at radius 2 is 1.97 bits per heavy atom. The van der Waals surface area contributed by atoms with Gasteiger partial charge in [-0.3, -0.25) is 10.1 Å². The monoisotopic (exact) mass is 467 g/mol. The van der Waals surface area contributed by atoms with E-state index in [1.165, 1.54) is 21.7 Å². The van der Waals surface area contributed by atoms with Crippen molar-refractivity contribution in [2.75, 3.05) is 18.4 Å². The highest BCUT2D eigenvalue weighted by molar-refractivity contribution is 7.89. The van der Waals surface area contributed by atoms with Gasteiger partial charge < -0.3 is 0 Å². The number of thiazole rings is 1. The molecule has 1 fully saturated rings. The molecular formula is C19H18ClN3O3S3. The van der Waals surface area contributed by atoms with Crippen molar-refractivity contribution in [2.24, 2.45) is 0 Å². The van der Waals surface area contributed by atoms with Crippen molar-refractivity contribution in [1.29, 1.82) is 0 Å². The van der Waals surface area contributed by atoms with Gasteiger partial charge in [-0.1, -0.05) is 29.8 Å². The maximum absolute atomic E-state index is 12.8. The van der Waals surface area contributed by atoms with E-state index in [1.54, 1.807) is 11.6 Å². The third-order valence-electron chi connectivity index (χ3n) is 4.61. The van der Waals surface area contributed by atoms with E-state index >= 15 is 0 Å². The summed E-state index contributed by atoms with van der Waals surface area (Å²) < 4.78 is 27.1. The van der Waals surface area contributed by atoms with Gasteiger partial charge in [0, 0.05) is 35.6 Å². The quantitative estimate of drug-likeness (QED) is 0.579. The molecule has 1 amide bonds. The lowest BCUT2D eigenvalue weighted by molar-refractivity contribution is 0.102. The molecule has 0 radical (unpaired) electrons. The molecule has 0 unspecified atom stereocenters. The summed E-state index contributed by atoms with van der Waals surface area (Å²) in [5.74, 6) is -0.462. The van der Waals surface area contributed by atoms with Crippen LogP contribution >= 0.6 is 34.3 Å². The molecule has 0 aliphatic carbocycles. The molecule has 0 saturated carbocycles. The number of amides is 1. The van der Waals surface area contributed by atoms with Crippen LogP contribution in [0.4, 0.5) is 5.13 Å². The summed E-state index contributed by atoms with van der Waals surface area (Å²) in [6.07, 6.45) is 4.00. The van der Waals surface area contributed by atoms with Gasteiger partial charge in [-0.2, -0.15) is 4.31 Å². The third kappa shape index (κ3) is 4.39. The number of hydrogen-bond donors (Lipinski definition) is 1. The van der Waals surface area contributed by atoms with Gasteiger partial charge >= 0.3 is 0 Å². The van der Waals surface area contributed by atoms with E-state index in [1.807, 2.05) is 24.3 Å². The van der Waals surface area contributed by atoms with Gasteiger partial charge in [-0.15, -0.1) is 22.7 Å². The van der Waals surface area contributed by atoms with Gasteiger partial charge in [0.25, 0.3) is 5.91 Å². The first kappa shape index (κ1) is 20.5. The average Bonchev–Trinajstić information content (AvgIpc) is 3.45. The van der Waals surface area contributed by atoms with Crippen LogP contribution < -0.4 is 5.32 Å². The lowest BCUT2D eigenvalue weighted by Crippen LogP contribution is -2.29. The smallest absolute Gasteiger partial charge is 0.268 e. The van der Waals surface area contributed by atoms with Gasteiger partial charge in [-0.05, 0) is 35.9 Å². The van der Waals surface area contributed by atoms with Crippen molar-refractivity contribution in [1.82, 2.24) is 9.29 Å². The van der Waals surface area contributed by atoms with Gasteiger partial charge in [-0.25, -0.2) is 13.4 Å². The van der Waals surface area contributed by atoms with Crippen LogP contribution in [0.5, 0.6) is 0 Å². The summed E-state index contributed by atoms with van der Waals surface area (Å²) >= 11 is 8.66. The molecule has 1 aliphatic heterocycles. The van der Waals surface area contributed by atoms with Crippen molar-refractivity contribution < 1.29 is 13.2 Å². The van der Waals surface area contributed by atoms with Crippen LogP contribution in [-0.4, -0.2) is 36.7 Å². The first-order valence-electron chi connectivity index (χ1n) is 9.02. The zero-order chi connectivity index (χ0) is 20.4. The Hall–Kier alpha value is -1.78. The number of hydrogen-bond acceptors (Lipinski definition) is 6. The Morgan fingerprint density at radius 1 is 1.21 bits per heavy atom. The Morgan fingerprint density at radius 3 is 2.72 bits per heavy atom. The number of rotatable bonds is 6. The molecule has 10 heteroatoms. The molecule has 2 aromatic heterocycles. The minimum atomic E-state index is -3.65. The third-order valence-corrected chi connectivity index (χ3v) is 8.88. The van der Waals surface area contributed by atoms with E-state index in [0.717, 1.165) is 34.6 Å². The van der Waals surface area contributed by atoms with Gasteiger partial charge in [0.2, 0.25) is 10.0 Å². The van der Waals surface area contributed by atoms with Gasteiger partial charge in [0.1, 0.15) is 9.77 Å². The van der Waals surface area contributed by atoms with Crippen LogP contribution in [0.2, 0.25) is 5.02 Å². The molecule has 1 N–H and O–H groups in total. The van der Waals surface area contributed by atoms with Gasteiger partial charge in [0.05, 0.1) is 0 Å². The van der Waals surface area contributed by atoms with Crippen LogP contribution in [0.3, 0.4) is 0 Å². The van der Waals surface area contributed by atoms with Crippen LogP contribution in [0.1, 0.15) is 33.0 Å². The molecule has 1 aliphatic rings. The molecule has 29 heavy (non-hydrogen) atoms. The Kier molecular flexibility index (Phi) is 6.03. The predicted octanol–water partition coefficient (Wildman–Crippen LogP) is 4.49. The summed E-state index contributed by atoms with van der Waals surface area (Å²) in [5, 5.41) is 5.47. The predicted molar refractivity (Wildman–Crippen MR) is 117 cm³/mol.